The number of aromatic nitrogens is 3. The van der Waals surface area contributed by atoms with Crippen molar-refractivity contribution in [2.75, 3.05) is 19.7 Å². The van der Waals surface area contributed by atoms with Gasteiger partial charge >= 0.3 is 0 Å². The van der Waals surface area contributed by atoms with Crippen LogP contribution < -0.4 is 0 Å². The summed E-state index contributed by atoms with van der Waals surface area (Å²) in [7, 11) is 0. The van der Waals surface area contributed by atoms with Crippen LogP contribution in [0.2, 0.25) is 0 Å². The van der Waals surface area contributed by atoms with Crippen molar-refractivity contribution in [1.29, 1.82) is 0 Å². The van der Waals surface area contributed by atoms with Crippen molar-refractivity contribution in [3.8, 4) is 0 Å². The van der Waals surface area contributed by atoms with Crippen LogP contribution in [-0.4, -0.2) is 68.1 Å². The molecule has 0 N–H and O–H groups in total. The average molecular weight is 391 g/mol. The second-order valence-corrected chi connectivity index (χ2v) is 7.43. The third-order valence-corrected chi connectivity index (χ3v) is 5.64. The Morgan fingerprint density at radius 2 is 2.00 bits per heavy atom. The van der Waals surface area contributed by atoms with Gasteiger partial charge in [-0.05, 0) is 17.7 Å². The van der Waals surface area contributed by atoms with E-state index in [0.717, 1.165) is 5.56 Å². The highest BCUT2D eigenvalue weighted by Gasteiger charge is 2.43. The summed E-state index contributed by atoms with van der Waals surface area (Å²) in [6, 6.07) is 13.3. The first kappa shape index (κ1) is 17.8. The van der Waals surface area contributed by atoms with Gasteiger partial charge in [0.2, 0.25) is 5.91 Å². The number of fused-ring (bicyclic) bond motifs is 2. The van der Waals surface area contributed by atoms with Gasteiger partial charge in [0, 0.05) is 25.8 Å². The van der Waals surface area contributed by atoms with Crippen LogP contribution >= 0.6 is 0 Å². The van der Waals surface area contributed by atoms with Gasteiger partial charge in [0.15, 0.2) is 5.65 Å². The zero-order valence-corrected chi connectivity index (χ0v) is 15.8. The van der Waals surface area contributed by atoms with Crippen LogP contribution in [0.4, 0.5) is 0 Å². The minimum Gasteiger partial charge on any atom is -0.374 e. The Bertz CT molecular complexity index is 1050. The molecule has 0 spiro atoms. The first-order valence-electron chi connectivity index (χ1n) is 9.73. The Morgan fingerprint density at radius 3 is 2.86 bits per heavy atom. The van der Waals surface area contributed by atoms with Crippen molar-refractivity contribution in [1.82, 2.24) is 24.4 Å². The van der Waals surface area contributed by atoms with Crippen LogP contribution in [0.5, 0.6) is 0 Å². The van der Waals surface area contributed by atoms with E-state index in [1.165, 1.54) is 0 Å². The van der Waals surface area contributed by atoms with E-state index in [1.807, 2.05) is 41.4 Å². The Kier molecular flexibility index (Phi) is 4.48. The molecule has 2 aliphatic heterocycles. The van der Waals surface area contributed by atoms with Gasteiger partial charge in [-0.1, -0.05) is 30.3 Å². The first-order chi connectivity index (χ1) is 14.2. The van der Waals surface area contributed by atoms with E-state index in [0.29, 0.717) is 43.9 Å². The molecule has 4 heterocycles. The Balaban J connectivity index is 1.41. The summed E-state index contributed by atoms with van der Waals surface area (Å²) >= 11 is 0. The highest BCUT2D eigenvalue weighted by Crippen LogP contribution is 2.26. The predicted octanol–water partition coefficient (Wildman–Crippen LogP) is 1.37. The monoisotopic (exact) mass is 391 g/mol. The molecule has 0 aliphatic carbocycles. The Hall–Kier alpha value is -3.26. The lowest BCUT2D eigenvalue weighted by Crippen LogP contribution is -2.45. The summed E-state index contributed by atoms with van der Waals surface area (Å²) in [6.45, 7) is 1.80. The van der Waals surface area contributed by atoms with Crippen LogP contribution in [0.1, 0.15) is 22.3 Å². The zero-order valence-electron chi connectivity index (χ0n) is 15.8. The molecule has 2 amide bonds. The number of nitrogens with zero attached hydrogens (tertiary/aromatic N) is 5. The molecule has 2 saturated heterocycles. The fourth-order valence-electron chi connectivity index (χ4n) is 4.19. The number of hydrogen-bond acceptors (Lipinski definition) is 5. The van der Waals surface area contributed by atoms with Gasteiger partial charge in [-0.3, -0.25) is 14.0 Å². The molecule has 3 aromatic rings. The fraction of sp³-hybridized carbons (Fsp3) is 0.333. The highest BCUT2D eigenvalue weighted by atomic mass is 16.5. The number of hydrogen-bond donors (Lipinski definition) is 0. The summed E-state index contributed by atoms with van der Waals surface area (Å²) in [4.78, 5) is 29.6. The lowest BCUT2D eigenvalue weighted by Gasteiger charge is -2.29. The summed E-state index contributed by atoms with van der Waals surface area (Å²) < 4.78 is 7.69. The van der Waals surface area contributed by atoms with Crippen molar-refractivity contribution in [2.45, 2.75) is 25.1 Å². The highest BCUT2D eigenvalue weighted by molar-refractivity contribution is 6.00. The summed E-state index contributed by atoms with van der Waals surface area (Å²) in [5.74, 6) is -0.0532. The molecule has 0 unspecified atom stereocenters. The van der Waals surface area contributed by atoms with Gasteiger partial charge in [0.1, 0.15) is 6.33 Å². The van der Waals surface area contributed by atoms with E-state index >= 15 is 0 Å². The SMILES string of the molecule is O=C(c1cccn2cnnc12)N1C[C@@H]2OCCC(=O)N(Cc3ccccc3)[C@H]2C1. The third-order valence-electron chi connectivity index (χ3n) is 5.64. The number of carbonyl (C=O) groups excluding carboxylic acids is 2. The van der Waals surface area contributed by atoms with Gasteiger partial charge in [0.05, 0.1) is 30.7 Å². The second-order valence-electron chi connectivity index (χ2n) is 7.43. The molecule has 5 rings (SSSR count). The van der Waals surface area contributed by atoms with Crippen molar-refractivity contribution >= 4 is 17.5 Å². The molecule has 0 bridgehead atoms. The molecule has 1 aromatic carbocycles. The summed E-state index contributed by atoms with van der Waals surface area (Å²) in [5.41, 5.74) is 2.10. The molecule has 0 radical (unpaired) electrons. The van der Waals surface area contributed by atoms with Crippen LogP contribution in [-0.2, 0) is 16.1 Å². The quantitative estimate of drug-likeness (QED) is 0.674. The van der Waals surface area contributed by atoms with Gasteiger partial charge in [-0.25, -0.2) is 0 Å². The van der Waals surface area contributed by atoms with Gasteiger partial charge in [-0.15, -0.1) is 10.2 Å². The normalized spacial score (nSPS) is 22.0. The number of pyridine rings is 1. The number of benzene rings is 1. The topological polar surface area (TPSA) is 80.0 Å². The van der Waals surface area contributed by atoms with Gasteiger partial charge in [-0.2, -0.15) is 0 Å². The number of likely N-dealkylation sites (tertiary alicyclic amines) is 1. The van der Waals surface area contributed by atoms with Gasteiger partial charge < -0.3 is 14.5 Å². The minimum atomic E-state index is -0.188. The molecular formula is C21H21N5O3. The maximum absolute atomic E-state index is 13.2. The minimum absolute atomic E-state index is 0.0650. The molecule has 8 heteroatoms. The van der Waals surface area contributed by atoms with Crippen LogP contribution in [0.25, 0.3) is 5.65 Å². The van der Waals surface area contributed by atoms with Crippen LogP contribution in [0.3, 0.4) is 0 Å². The lowest BCUT2D eigenvalue weighted by molar-refractivity contribution is -0.133. The zero-order chi connectivity index (χ0) is 19.8. The van der Waals surface area contributed by atoms with E-state index in [2.05, 4.69) is 10.2 Å². The van der Waals surface area contributed by atoms with E-state index in [1.54, 1.807) is 27.8 Å². The lowest BCUT2D eigenvalue weighted by atomic mass is 10.1. The number of ether oxygens (including phenoxy) is 1. The molecule has 2 atom stereocenters. The van der Waals surface area contributed by atoms with Crippen LogP contribution in [0, 0.1) is 0 Å². The fourth-order valence-corrected chi connectivity index (χ4v) is 4.19. The maximum Gasteiger partial charge on any atom is 0.257 e. The first-order valence-corrected chi connectivity index (χ1v) is 9.73. The molecule has 148 valence electrons. The molecular weight excluding hydrogens is 370 g/mol. The summed E-state index contributed by atoms with van der Waals surface area (Å²) in [6.07, 6.45) is 3.56. The summed E-state index contributed by atoms with van der Waals surface area (Å²) in [5, 5.41) is 7.96. The smallest absolute Gasteiger partial charge is 0.257 e. The van der Waals surface area contributed by atoms with E-state index in [9.17, 15) is 9.59 Å². The molecule has 2 aliphatic rings. The standard InChI is InChI=1S/C21H21N5O3/c27-19-8-10-29-18-13-25(12-17(18)26(19)11-15-5-2-1-3-6-15)21(28)16-7-4-9-24-14-22-23-20(16)24/h1-7,9,14,17-18H,8,10-13H2/t17-,18-/m0/s1. The van der Waals surface area contributed by atoms with E-state index in [4.69, 9.17) is 4.74 Å². The largest absolute Gasteiger partial charge is 0.374 e. The number of rotatable bonds is 3. The predicted molar refractivity (Wildman–Crippen MR) is 104 cm³/mol. The van der Waals surface area contributed by atoms with Crippen molar-refractivity contribution < 1.29 is 14.3 Å². The third kappa shape index (κ3) is 3.25. The van der Waals surface area contributed by atoms with Crippen molar-refractivity contribution in [3.05, 3.63) is 66.1 Å². The maximum atomic E-state index is 13.2. The van der Waals surface area contributed by atoms with E-state index < -0.39 is 0 Å². The van der Waals surface area contributed by atoms with Crippen LogP contribution in [0.15, 0.2) is 55.0 Å². The second kappa shape index (κ2) is 7.29. The molecule has 2 aromatic heterocycles. The molecule has 2 fully saturated rings. The van der Waals surface area contributed by atoms with Crippen molar-refractivity contribution in [2.24, 2.45) is 0 Å². The molecule has 0 saturated carbocycles. The van der Waals surface area contributed by atoms with Gasteiger partial charge in [0.25, 0.3) is 5.91 Å². The number of carbonyl (C=O) groups is 2. The van der Waals surface area contributed by atoms with Crippen molar-refractivity contribution in [3.63, 3.8) is 0 Å². The Morgan fingerprint density at radius 1 is 1.14 bits per heavy atom. The average Bonchev–Trinajstić information content (AvgIpc) is 3.36. The number of amides is 2. The molecule has 29 heavy (non-hydrogen) atoms. The van der Waals surface area contributed by atoms with E-state index in [-0.39, 0.29) is 24.0 Å². The molecule has 8 nitrogen and oxygen atoms in total. The Labute approximate surface area is 167 Å².